The van der Waals surface area contributed by atoms with E-state index in [1.807, 2.05) is 6.26 Å². The van der Waals surface area contributed by atoms with Crippen molar-refractivity contribution in [1.82, 2.24) is 0 Å². The summed E-state index contributed by atoms with van der Waals surface area (Å²) in [6.07, 6.45) is 8.81. The van der Waals surface area contributed by atoms with Crippen LogP contribution in [0.1, 0.15) is 45.4 Å². The van der Waals surface area contributed by atoms with Gasteiger partial charge in [0.15, 0.2) is 5.12 Å². The number of thioether (sulfide) groups is 1. The second-order valence-corrected chi connectivity index (χ2v) is 3.60. The predicted molar refractivity (Wildman–Crippen MR) is 51.9 cm³/mol. The highest BCUT2D eigenvalue weighted by Crippen LogP contribution is 2.08. The maximum atomic E-state index is 10.8. The van der Waals surface area contributed by atoms with E-state index in [9.17, 15) is 4.79 Å². The zero-order valence-corrected chi connectivity index (χ0v) is 8.38. The zero-order valence-electron chi connectivity index (χ0n) is 7.56. The van der Waals surface area contributed by atoms with Crippen molar-refractivity contribution in [2.75, 3.05) is 6.26 Å². The van der Waals surface area contributed by atoms with Gasteiger partial charge in [0.1, 0.15) is 0 Å². The fourth-order valence-electron chi connectivity index (χ4n) is 0.975. The maximum Gasteiger partial charge on any atom is 0.188 e. The topological polar surface area (TPSA) is 17.1 Å². The van der Waals surface area contributed by atoms with Crippen LogP contribution in [0.3, 0.4) is 0 Å². The molecule has 0 aliphatic heterocycles. The summed E-state index contributed by atoms with van der Waals surface area (Å²) in [5.41, 5.74) is 0. The molecule has 0 atom stereocenters. The minimum atomic E-state index is 0.335. The summed E-state index contributed by atoms with van der Waals surface area (Å²) < 4.78 is 0. The summed E-state index contributed by atoms with van der Waals surface area (Å²) in [6, 6.07) is 0. The minimum absolute atomic E-state index is 0.335. The van der Waals surface area contributed by atoms with Crippen molar-refractivity contribution in [3.8, 4) is 0 Å². The Morgan fingerprint density at radius 2 is 1.82 bits per heavy atom. The lowest BCUT2D eigenvalue weighted by Gasteiger charge is -1.97. The first-order chi connectivity index (χ1) is 5.31. The summed E-state index contributed by atoms with van der Waals surface area (Å²) in [5, 5.41) is 0.335. The Balaban J connectivity index is 2.95. The predicted octanol–water partition coefficient (Wildman–Crippen LogP) is 3.24. The number of hydrogen-bond acceptors (Lipinski definition) is 2. The second kappa shape index (κ2) is 8.12. The van der Waals surface area contributed by atoms with E-state index >= 15 is 0 Å². The number of carbonyl (C=O) groups is 1. The van der Waals surface area contributed by atoms with Gasteiger partial charge in [-0.15, -0.1) is 0 Å². The van der Waals surface area contributed by atoms with Crippen LogP contribution in [0.25, 0.3) is 0 Å². The van der Waals surface area contributed by atoms with Crippen LogP contribution in [0.4, 0.5) is 0 Å². The molecule has 0 fully saturated rings. The second-order valence-electron chi connectivity index (χ2n) is 2.74. The van der Waals surface area contributed by atoms with Gasteiger partial charge in [0.2, 0.25) is 0 Å². The molecule has 0 N–H and O–H groups in total. The van der Waals surface area contributed by atoms with Gasteiger partial charge >= 0.3 is 0 Å². The molecule has 0 aromatic carbocycles. The van der Waals surface area contributed by atoms with Gasteiger partial charge in [-0.25, -0.2) is 0 Å². The standard InChI is InChI=1S/C9H18OS/c1-3-4-5-6-7-8-9(10)11-2/h3-8H2,1-2H3. The highest BCUT2D eigenvalue weighted by atomic mass is 32.2. The molecule has 0 rings (SSSR count). The maximum absolute atomic E-state index is 10.8. The van der Waals surface area contributed by atoms with Crippen LogP contribution in [0.5, 0.6) is 0 Å². The van der Waals surface area contributed by atoms with E-state index in [-0.39, 0.29) is 0 Å². The van der Waals surface area contributed by atoms with E-state index in [1.54, 1.807) is 0 Å². The molecule has 0 aromatic heterocycles. The molecule has 2 heteroatoms. The van der Waals surface area contributed by atoms with Crippen molar-refractivity contribution < 1.29 is 4.79 Å². The Morgan fingerprint density at radius 1 is 1.18 bits per heavy atom. The molecule has 0 aliphatic rings. The summed E-state index contributed by atoms with van der Waals surface area (Å²) in [7, 11) is 0. The molecular formula is C9H18OS. The lowest BCUT2D eigenvalue weighted by Crippen LogP contribution is -1.89. The largest absolute Gasteiger partial charge is 0.287 e. The third-order valence-corrected chi connectivity index (χ3v) is 2.37. The first-order valence-corrected chi connectivity index (χ1v) is 5.60. The van der Waals surface area contributed by atoms with Crippen LogP contribution >= 0.6 is 11.8 Å². The van der Waals surface area contributed by atoms with Crippen molar-refractivity contribution in [3.05, 3.63) is 0 Å². The third-order valence-electron chi connectivity index (χ3n) is 1.71. The molecule has 11 heavy (non-hydrogen) atoms. The molecule has 0 saturated carbocycles. The molecule has 0 bridgehead atoms. The first-order valence-electron chi connectivity index (χ1n) is 4.38. The van der Waals surface area contributed by atoms with Gasteiger partial charge in [-0.1, -0.05) is 44.4 Å². The van der Waals surface area contributed by atoms with Gasteiger partial charge < -0.3 is 0 Å². The van der Waals surface area contributed by atoms with E-state index in [0.29, 0.717) is 5.12 Å². The van der Waals surface area contributed by atoms with Crippen LogP contribution in [0.2, 0.25) is 0 Å². The van der Waals surface area contributed by atoms with E-state index in [1.165, 1.54) is 37.4 Å². The fraction of sp³-hybridized carbons (Fsp3) is 0.889. The van der Waals surface area contributed by atoms with Gasteiger partial charge in [0, 0.05) is 6.42 Å². The van der Waals surface area contributed by atoms with Crippen molar-refractivity contribution in [1.29, 1.82) is 0 Å². The molecule has 0 aromatic rings. The van der Waals surface area contributed by atoms with Gasteiger partial charge in [0.25, 0.3) is 0 Å². The van der Waals surface area contributed by atoms with Crippen LogP contribution in [-0.4, -0.2) is 11.4 Å². The Bertz CT molecular complexity index is 102. The SMILES string of the molecule is CCCCCCCC(=O)SC. The fourth-order valence-corrected chi connectivity index (χ4v) is 1.32. The Morgan fingerprint density at radius 3 is 2.36 bits per heavy atom. The summed E-state index contributed by atoms with van der Waals surface area (Å²) in [6.45, 7) is 2.20. The van der Waals surface area contributed by atoms with Crippen LogP contribution in [-0.2, 0) is 4.79 Å². The lowest BCUT2D eigenvalue weighted by molar-refractivity contribution is -0.111. The summed E-state index contributed by atoms with van der Waals surface area (Å²) >= 11 is 1.35. The lowest BCUT2D eigenvalue weighted by atomic mass is 10.1. The Hall–Kier alpha value is 0.0200. The van der Waals surface area contributed by atoms with E-state index < -0.39 is 0 Å². The van der Waals surface area contributed by atoms with E-state index in [4.69, 9.17) is 0 Å². The Kier molecular flexibility index (Phi) is 8.13. The number of carbonyl (C=O) groups excluding carboxylic acids is 1. The van der Waals surface area contributed by atoms with Crippen molar-refractivity contribution >= 4 is 16.9 Å². The quantitative estimate of drug-likeness (QED) is 0.575. The molecule has 0 aliphatic carbocycles. The average molecular weight is 174 g/mol. The Labute approximate surface area is 73.9 Å². The van der Waals surface area contributed by atoms with Crippen LogP contribution in [0.15, 0.2) is 0 Å². The van der Waals surface area contributed by atoms with E-state index in [2.05, 4.69) is 6.92 Å². The molecule has 1 nitrogen and oxygen atoms in total. The molecule has 0 amide bonds. The van der Waals surface area contributed by atoms with Gasteiger partial charge in [-0.2, -0.15) is 0 Å². The van der Waals surface area contributed by atoms with Crippen LogP contribution in [0, 0.1) is 0 Å². The van der Waals surface area contributed by atoms with Crippen molar-refractivity contribution in [3.63, 3.8) is 0 Å². The average Bonchev–Trinajstić information content (AvgIpc) is 2.04. The molecular weight excluding hydrogens is 156 g/mol. The van der Waals surface area contributed by atoms with Crippen molar-refractivity contribution in [2.45, 2.75) is 45.4 Å². The summed E-state index contributed by atoms with van der Waals surface area (Å²) in [5.74, 6) is 0. The molecule has 0 saturated heterocycles. The van der Waals surface area contributed by atoms with Crippen LogP contribution < -0.4 is 0 Å². The molecule has 0 spiro atoms. The summed E-state index contributed by atoms with van der Waals surface area (Å²) in [4.78, 5) is 10.8. The molecule has 66 valence electrons. The zero-order chi connectivity index (χ0) is 8.53. The van der Waals surface area contributed by atoms with Crippen molar-refractivity contribution in [2.24, 2.45) is 0 Å². The van der Waals surface area contributed by atoms with Gasteiger partial charge in [0.05, 0.1) is 0 Å². The normalized spacial score (nSPS) is 10.0. The number of rotatable bonds is 6. The highest BCUT2D eigenvalue weighted by molar-refractivity contribution is 8.13. The van der Waals surface area contributed by atoms with Gasteiger partial charge in [-0.3, -0.25) is 4.79 Å². The van der Waals surface area contributed by atoms with E-state index in [0.717, 1.165) is 12.8 Å². The number of unbranched alkanes of at least 4 members (excludes halogenated alkanes) is 4. The highest BCUT2D eigenvalue weighted by Gasteiger charge is 1.97. The number of hydrogen-bond donors (Lipinski definition) is 0. The first kappa shape index (κ1) is 11.0. The monoisotopic (exact) mass is 174 g/mol. The smallest absolute Gasteiger partial charge is 0.188 e. The van der Waals surface area contributed by atoms with Gasteiger partial charge in [-0.05, 0) is 12.7 Å². The molecule has 0 heterocycles. The minimum Gasteiger partial charge on any atom is -0.287 e. The molecule has 0 unspecified atom stereocenters. The third kappa shape index (κ3) is 7.92. The molecule has 0 radical (unpaired) electrons.